The normalized spacial score (nSPS) is 27.3. The van der Waals surface area contributed by atoms with Gasteiger partial charge in [-0.3, -0.25) is 9.59 Å². The van der Waals surface area contributed by atoms with Gasteiger partial charge in [0.25, 0.3) is 0 Å². The predicted octanol–water partition coefficient (Wildman–Crippen LogP) is 4.58. The van der Waals surface area contributed by atoms with Gasteiger partial charge in [-0.2, -0.15) is 0 Å². The van der Waals surface area contributed by atoms with Crippen LogP contribution in [0.5, 0.6) is 0 Å². The van der Waals surface area contributed by atoms with Crippen LogP contribution in [-0.4, -0.2) is 17.7 Å². The minimum absolute atomic E-state index is 0.0313. The lowest BCUT2D eigenvalue weighted by Crippen LogP contribution is -2.40. The van der Waals surface area contributed by atoms with Gasteiger partial charge in [-0.15, -0.1) is 0 Å². The summed E-state index contributed by atoms with van der Waals surface area (Å²) in [5.41, 5.74) is 1.09. The van der Waals surface area contributed by atoms with E-state index in [1.165, 1.54) is 0 Å². The summed E-state index contributed by atoms with van der Waals surface area (Å²) in [6.45, 7) is 4.70. The van der Waals surface area contributed by atoms with Crippen LogP contribution in [0.4, 0.5) is 0 Å². The second kappa shape index (κ2) is 8.27. The molecule has 0 spiro atoms. The van der Waals surface area contributed by atoms with Crippen molar-refractivity contribution >= 4 is 11.6 Å². The van der Waals surface area contributed by atoms with E-state index in [9.17, 15) is 9.59 Å². The van der Waals surface area contributed by atoms with Gasteiger partial charge in [0.1, 0.15) is 11.9 Å². The fraction of sp³-hybridized carbons (Fsp3) is 0.636. The van der Waals surface area contributed by atoms with Gasteiger partial charge >= 0.3 is 0 Å². The summed E-state index contributed by atoms with van der Waals surface area (Å²) in [4.78, 5) is 25.6. The topological polar surface area (TPSA) is 43.4 Å². The van der Waals surface area contributed by atoms with E-state index in [2.05, 4.69) is 13.8 Å². The van der Waals surface area contributed by atoms with Gasteiger partial charge in [0, 0.05) is 18.3 Å². The third-order valence-corrected chi connectivity index (χ3v) is 5.83. The van der Waals surface area contributed by atoms with Crippen LogP contribution >= 0.6 is 0 Å². The summed E-state index contributed by atoms with van der Waals surface area (Å²) >= 11 is 0. The predicted molar refractivity (Wildman–Crippen MR) is 98.0 cm³/mol. The van der Waals surface area contributed by atoms with Crippen molar-refractivity contribution in [3.8, 4) is 0 Å². The Kier molecular flexibility index (Phi) is 6.06. The van der Waals surface area contributed by atoms with Crippen molar-refractivity contribution in [1.82, 2.24) is 0 Å². The molecule has 1 aromatic rings. The number of rotatable bonds is 7. The number of ether oxygens (including phenoxy) is 1. The molecule has 2 fully saturated rings. The fourth-order valence-corrected chi connectivity index (χ4v) is 4.62. The van der Waals surface area contributed by atoms with Gasteiger partial charge in [-0.1, -0.05) is 50.6 Å². The highest BCUT2D eigenvalue weighted by atomic mass is 16.5. The van der Waals surface area contributed by atoms with Crippen molar-refractivity contribution in [2.24, 2.45) is 23.7 Å². The molecule has 2 aliphatic carbocycles. The maximum absolute atomic E-state index is 13.3. The molecule has 0 amide bonds. The Hall–Kier alpha value is -1.48. The fourth-order valence-electron chi connectivity index (χ4n) is 4.62. The number of hydrogen-bond donors (Lipinski definition) is 0. The maximum Gasteiger partial charge on any atom is 0.165 e. The molecule has 4 atom stereocenters. The Bertz CT molecular complexity index is 593. The molecule has 0 aromatic heterocycles. The largest absolute Gasteiger partial charge is 0.366 e. The Morgan fingerprint density at radius 3 is 2.64 bits per heavy atom. The average molecular weight is 342 g/mol. The first-order valence-electron chi connectivity index (χ1n) is 9.78. The van der Waals surface area contributed by atoms with Crippen LogP contribution in [0.3, 0.4) is 0 Å². The highest BCUT2D eigenvalue weighted by molar-refractivity contribution is 5.93. The van der Waals surface area contributed by atoms with E-state index in [0.29, 0.717) is 30.6 Å². The zero-order valence-corrected chi connectivity index (χ0v) is 15.4. The summed E-state index contributed by atoms with van der Waals surface area (Å²) < 4.78 is 6.08. The second-order valence-corrected chi connectivity index (χ2v) is 8.15. The monoisotopic (exact) mass is 342 g/mol. The summed E-state index contributed by atoms with van der Waals surface area (Å²) in [7, 11) is 0. The van der Waals surface area contributed by atoms with Crippen LogP contribution in [0, 0.1) is 23.7 Å². The number of carbonyl (C=O) groups excluding carboxylic acids is 2. The van der Waals surface area contributed by atoms with Crippen molar-refractivity contribution in [3.63, 3.8) is 0 Å². The molecule has 0 aliphatic heterocycles. The highest BCUT2D eigenvalue weighted by Gasteiger charge is 2.46. The minimum Gasteiger partial charge on any atom is -0.366 e. The van der Waals surface area contributed by atoms with E-state index in [0.717, 1.165) is 37.7 Å². The molecule has 2 saturated carbocycles. The van der Waals surface area contributed by atoms with E-state index < -0.39 is 6.10 Å². The summed E-state index contributed by atoms with van der Waals surface area (Å²) in [6, 6.07) is 10.00. The smallest absolute Gasteiger partial charge is 0.165 e. The van der Waals surface area contributed by atoms with E-state index in [4.69, 9.17) is 4.74 Å². The zero-order chi connectivity index (χ0) is 17.8. The number of fused-ring (bicyclic) bond motifs is 1. The van der Waals surface area contributed by atoms with E-state index >= 15 is 0 Å². The van der Waals surface area contributed by atoms with E-state index in [1.54, 1.807) is 0 Å². The number of carbonyl (C=O) groups is 2. The first kappa shape index (κ1) is 18.3. The zero-order valence-electron chi connectivity index (χ0n) is 15.4. The number of Topliss-reactive ketones (excluding diaryl/α,β-unsaturated/α-hetero) is 2. The average Bonchev–Trinajstić information content (AvgIpc) is 3.00. The van der Waals surface area contributed by atoms with E-state index in [1.807, 2.05) is 30.3 Å². The Morgan fingerprint density at radius 2 is 1.92 bits per heavy atom. The summed E-state index contributed by atoms with van der Waals surface area (Å²) in [5.74, 6) is 1.17. The molecular weight excluding hydrogens is 312 g/mol. The molecule has 0 heterocycles. The molecule has 3 heteroatoms. The first-order valence-corrected chi connectivity index (χ1v) is 9.78. The standard InChI is InChI=1S/C22H30O3/c1-15(2)13-20(25-14-16-7-4-3-5-8-16)22(24)18-10-6-9-17-11-12-19(23)21(17)18/h3-5,7-8,15,17-18,20-21H,6,9-14H2,1-2H3/t17-,18?,20-,21+/m0/s1. The molecular formula is C22H30O3. The Labute approximate surface area is 151 Å². The summed E-state index contributed by atoms with van der Waals surface area (Å²) in [5, 5.41) is 0. The lowest BCUT2D eigenvalue weighted by Gasteiger charge is -2.34. The highest BCUT2D eigenvalue weighted by Crippen LogP contribution is 2.44. The van der Waals surface area contributed by atoms with Gasteiger partial charge in [0.2, 0.25) is 0 Å². The van der Waals surface area contributed by atoms with Gasteiger partial charge in [0.05, 0.1) is 6.61 Å². The van der Waals surface area contributed by atoms with Gasteiger partial charge < -0.3 is 4.74 Å². The van der Waals surface area contributed by atoms with Crippen LogP contribution in [0.25, 0.3) is 0 Å². The van der Waals surface area contributed by atoms with Crippen molar-refractivity contribution < 1.29 is 14.3 Å². The number of hydrogen-bond acceptors (Lipinski definition) is 3. The molecule has 0 N–H and O–H groups in total. The quantitative estimate of drug-likeness (QED) is 0.728. The van der Waals surface area contributed by atoms with Crippen LogP contribution < -0.4 is 0 Å². The van der Waals surface area contributed by atoms with Crippen molar-refractivity contribution in [3.05, 3.63) is 35.9 Å². The molecule has 2 aliphatic rings. The molecule has 1 unspecified atom stereocenters. The summed E-state index contributed by atoms with van der Waals surface area (Å²) in [6.07, 6.45) is 5.02. The second-order valence-electron chi connectivity index (χ2n) is 8.15. The Balaban J connectivity index is 1.70. The molecule has 0 bridgehead atoms. The molecule has 0 radical (unpaired) electrons. The first-order chi connectivity index (χ1) is 12.1. The van der Waals surface area contributed by atoms with Crippen molar-refractivity contribution in [2.45, 2.75) is 65.1 Å². The molecule has 136 valence electrons. The third kappa shape index (κ3) is 4.38. The van der Waals surface area contributed by atoms with Gasteiger partial charge in [-0.05, 0) is 43.1 Å². The molecule has 0 saturated heterocycles. The van der Waals surface area contributed by atoms with Crippen LogP contribution in [0.1, 0.15) is 57.9 Å². The van der Waals surface area contributed by atoms with Crippen LogP contribution in [0.2, 0.25) is 0 Å². The number of ketones is 2. The SMILES string of the molecule is CC(C)C[C@H](OCc1ccccc1)C(=O)C1CCC[C@H]2CCC(=O)[C@@H]12. The van der Waals surface area contributed by atoms with Gasteiger partial charge in [0.15, 0.2) is 5.78 Å². The van der Waals surface area contributed by atoms with Crippen molar-refractivity contribution in [1.29, 1.82) is 0 Å². The molecule has 3 rings (SSSR count). The Morgan fingerprint density at radius 1 is 1.16 bits per heavy atom. The van der Waals surface area contributed by atoms with Crippen LogP contribution in [0.15, 0.2) is 30.3 Å². The molecule has 1 aromatic carbocycles. The third-order valence-electron chi connectivity index (χ3n) is 5.83. The molecule has 25 heavy (non-hydrogen) atoms. The molecule has 3 nitrogen and oxygen atoms in total. The lowest BCUT2D eigenvalue weighted by molar-refractivity contribution is -0.143. The minimum atomic E-state index is -0.391. The lowest BCUT2D eigenvalue weighted by atomic mass is 9.70. The number of benzene rings is 1. The van der Waals surface area contributed by atoms with Gasteiger partial charge in [-0.25, -0.2) is 0 Å². The van der Waals surface area contributed by atoms with Crippen molar-refractivity contribution in [2.75, 3.05) is 0 Å². The van der Waals surface area contributed by atoms with E-state index in [-0.39, 0.29) is 17.6 Å². The van der Waals surface area contributed by atoms with Crippen LogP contribution in [-0.2, 0) is 20.9 Å². The maximum atomic E-state index is 13.3.